The number of hydrogen-bond acceptors (Lipinski definition) is 2. The van der Waals surface area contributed by atoms with Gasteiger partial charge in [-0.3, -0.25) is 4.79 Å². The number of anilines is 1. The molecule has 0 saturated heterocycles. The maximum atomic E-state index is 11.7. The van der Waals surface area contributed by atoms with E-state index in [1.807, 2.05) is 18.2 Å². The summed E-state index contributed by atoms with van der Waals surface area (Å²) in [5.41, 5.74) is 3.08. The van der Waals surface area contributed by atoms with E-state index in [0.29, 0.717) is 6.04 Å². The lowest BCUT2D eigenvalue weighted by atomic mass is 9.94. The second-order valence-electron chi connectivity index (χ2n) is 6.03. The number of aryl methyl sites for hydroxylation is 1. The highest BCUT2D eigenvalue weighted by molar-refractivity contribution is 5.95. The van der Waals surface area contributed by atoms with Gasteiger partial charge in [0.05, 0.1) is 0 Å². The van der Waals surface area contributed by atoms with Crippen molar-refractivity contribution in [1.82, 2.24) is 5.32 Å². The Bertz CT molecular complexity index is 498. The van der Waals surface area contributed by atoms with Crippen molar-refractivity contribution >= 4 is 11.6 Å². The van der Waals surface area contributed by atoms with Gasteiger partial charge in [0.1, 0.15) is 0 Å². The Kier molecular flexibility index (Phi) is 3.21. The average molecular weight is 258 g/mol. The fourth-order valence-corrected chi connectivity index (χ4v) is 3.68. The van der Waals surface area contributed by atoms with E-state index in [2.05, 4.69) is 17.6 Å². The third-order valence-corrected chi connectivity index (χ3v) is 4.81. The van der Waals surface area contributed by atoms with Crippen molar-refractivity contribution in [2.24, 2.45) is 11.8 Å². The second kappa shape index (κ2) is 4.87. The fourth-order valence-electron chi connectivity index (χ4n) is 3.68. The highest BCUT2D eigenvalue weighted by Crippen LogP contribution is 2.45. The molecule has 1 aromatic rings. The first-order valence-electron chi connectivity index (χ1n) is 7.26. The summed E-state index contributed by atoms with van der Waals surface area (Å²) in [7, 11) is 1.67. The van der Waals surface area contributed by atoms with Crippen LogP contribution in [0.4, 0.5) is 5.69 Å². The van der Waals surface area contributed by atoms with Crippen LogP contribution >= 0.6 is 0 Å². The molecule has 102 valence electrons. The predicted molar refractivity (Wildman–Crippen MR) is 77.4 cm³/mol. The zero-order valence-corrected chi connectivity index (χ0v) is 11.7. The van der Waals surface area contributed by atoms with Gasteiger partial charge in [0.25, 0.3) is 5.91 Å². The van der Waals surface area contributed by atoms with Crippen molar-refractivity contribution in [3.63, 3.8) is 0 Å². The minimum absolute atomic E-state index is 0.0176. The Morgan fingerprint density at radius 1 is 1.26 bits per heavy atom. The van der Waals surface area contributed by atoms with Crippen LogP contribution in [-0.4, -0.2) is 19.0 Å². The Morgan fingerprint density at radius 3 is 2.74 bits per heavy atom. The molecule has 2 N–H and O–H groups in total. The Hall–Kier alpha value is -1.51. The van der Waals surface area contributed by atoms with E-state index >= 15 is 0 Å². The van der Waals surface area contributed by atoms with Gasteiger partial charge in [-0.05, 0) is 55.7 Å². The number of benzene rings is 1. The zero-order chi connectivity index (χ0) is 13.4. The third-order valence-electron chi connectivity index (χ3n) is 4.81. The molecule has 0 aromatic heterocycles. The van der Waals surface area contributed by atoms with Crippen molar-refractivity contribution in [3.8, 4) is 0 Å². The molecule has 3 rings (SSSR count). The number of nitrogens with one attached hydrogen (secondary N) is 2. The molecule has 0 heterocycles. The lowest BCUT2D eigenvalue weighted by Crippen LogP contribution is -2.26. The van der Waals surface area contributed by atoms with E-state index in [1.54, 1.807) is 7.05 Å². The van der Waals surface area contributed by atoms with E-state index < -0.39 is 0 Å². The maximum absolute atomic E-state index is 11.7. The number of hydrogen-bond donors (Lipinski definition) is 2. The lowest BCUT2D eigenvalue weighted by Gasteiger charge is -2.25. The molecule has 0 aliphatic heterocycles. The van der Waals surface area contributed by atoms with Crippen LogP contribution in [0.25, 0.3) is 0 Å². The first-order chi connectivity index (χ1) is 9.17. The standard InChI is InChI=1S/C16H22N2O/c1-10-3-5-13(16(19)17-2)9-14(10)18-15-8-11-4-6-12(15)7-11/h3,5,9,11-12,15,18H,4,6-8H2,1-2H3,(H,17,19). The number of fused-ring (bicyclic) bond motifs is 2. The summed E-state index contributed by atoms with van der Waals surface area (Å²) in [6, 6.07) is 6.51. The SMILES string of the molecule is CNC(=O)c1ccc(C)c(NC2CC3CCC2C3)c1. The zero-order valence-electron chi connectivity index (χ0n) is 11.7. The number of rotatable bonds is 3. The van der Waals surface area contributed by atoms with E-state index in [0.717, 1.165) is 23.1 Å². The normalized spacial score (nSPS) is 28.4. The van der Waals surface area contributed by atoms with Crippen LogP contribution in [0, 0.1) is 18.8 Å². The minimum Gasteiger partial charge on any atom is -0.382 e. The molecule has 1 amide bonds. The molecule has 2 saturated carbocycles. The summed E-state index contributed by atoms with van der Waals surface area (Å²) in [6.45, 7) is 2.10. The van der Waals surface area contributed by atoms with Gasteiger partial charge in [-0.15, -0.1) is 0 Å². The van der Waals surface area contributed by atoms with Crippen LogP contribution in [0.3, 0.4) is 0 Å². The molecule has 3 unspecified atom stereocenters. The lowest BCUT2D eigenvalue weighted by molar-refractivity contribution is 0.0963. The topological polar surface area (TPSA) is 41.1 Å². The Balaban J connectivity index is 1.78. The largest absolute Gasteiger partial charge is 0.382 e. The maximum Gasteiger partial charge on any atom is 0.251 e. The van der Waals surface area contributed by atoms with Gasteiger partial charge in [-0.2, -0.15) is 0 Å². The molecular formula is C16H22N2O. The fraction of sp³-hybridized carbons (Fsp3) is 0.562. The van der Waals surface area contributed by atoms with Gasteiger partial charge in [-0.25, -0.2) is 0 Å². The summed E-state index contributed by atoms with van der Waals surface area (Å²) in [4.78, 5) is 11.7. The average Bonchev–Trinajstić information content (AvgIpc) is 3.02. The van der Waals surface area contributed by atoms with Crippen LogP contribution in [0.5, 0.6) is 0 Å². The van der Waals surface area contributed by atoms with Gasteiger partial charge in [0.15, 0.2) is 0 Å². The smallest absolute Gasteiger partial charge is 0.251 e. The summed E-state index contributed by atoms with van der Waals surface area (Å²) < 4.78 is 0. The van der Waals surface area contributed by atoms with Gasteiger partial charge in [0.2, 0.25) is 0 Å². The summed E-state index contributed by atoms with van der Waals surface area (Å²) in [6.07, 6.45) is 5.48. The first kappa shape index (κ1) is 12.5. The molecule has 2 aliphatic carbocycles. The molecule has 3 atom stereocenters. The summed E-state index contributed by atoms with van der Waals surface area (Å²) in [5.74, 6) is 1.76. The van der Waals surface area contributed by atoms with E-state index in [4.69, 9.17) is 0 Å². The molecule has 3 nitrogen and oxygen atoms in total. The quantitative estimate of drug-likeness (QED) is 0.875. The molecule has 0 radical (unpaired) electrons. The van der Waals surface area contributed by atoms with Crippen LogP contribution in [0.15, 0.2) is 18.2 Å². The molecule has 1 aromatic carbocycles. The molecule has 19 heavy (non-hydrogen) atoms. The Labute approximate surface area is 114 Å². The van der Waals surface area contributed by atoms with E-state index in [1.165, 1.54) is 31.2 Å². The van der Waals surface area contributed by atoms with Gasteiger partial charge in [-0.1, -0.05) is 12.5 Å². The van der Waals surface area contributed by atoms with Crippen molar-refractivity contribution < 1.29 is 4.79 Å². The van der Waals surface area contributed by atoms with Crippen molar-refractivity contribution in [1.29, 1.82) is 0 Å². The predicted octanol–water partition coefficient (Wildman–Crippen LogP) is 2.96. The summed E-state index contributed by atoms with van der Waals surface area (Å²) >= 11 is 0. The third kappa shape index (κ3) is 2.34. The number of amides is 1. The van der Waals surface area contributed by atoms with Gasteiger partial charge in [0, 0.05) is 24.3 Å². The molecule has 3 heteroatoms. The number of carbonyl (C=O) groups excluding carboxylic acids is 1. The molecule has 2 fully saturated rings. The van der Waals surface area contributed by atoms with Crippen molar-refractivity contribution in [2.45, 2.75) is 38.6 Å². The monoisotopic (exact) mass is 258 g/mol. The molecule has 2 bridgehead atoms. The van der Waals surface area contributed by atoms with Crippen LogP contribution in [0.2, 0.25) is 0 Å². The first-order valence-corrected chi connectivity index (χ1v) is 7.26. The Morgan fingerprint density at radius 2 is 2.11 bits per heavy atom. The summed E-state index contributed by atoms with van der Waals surface area (Å²) in [5, 5.41) is 6.36. The highest BCUT2D eigenvalue weighted by atomic mass is 16.1. The van der Waals surface area contributed by atoms with Crippen LogP contribution in [0.1, 0.15) is 41.6 Å². The minimum atomic E-state index is -0.0176. The van der Waals surface area contributed by atoms with E-state index in [-0.39, 0.29) is 5.91 Å². The molecule has 0 spiro atoms. The van der Waals surface area contributed by atoms with Crippen LogP contribution < -0.4 is 10.6 Å². The molecule has 2 aliphatic rings. The van der Waals surface area contributed by atoms with Crippen molar-refractivity contribution in [2.75, 3.05) is 12.4 Å². The molecular weight excluding hydrogens is 236 g/mol. The van der Waals surface area contributed by atoms with E-state index in [9.17, 15) is 4.79 Å². The van der Waals surface area contributed by atoms with Crippen LogP contribution in [-0.2, 0) is 0 Å². The highest BCUT2D eigenvalue weighted by Gasteiger charge is 2.39. The van der Waals surface area contributed by atoms with Gasteiger partial charge >= 0.3 is 0 Å². The van der Waals surface area contributed by atoms with Gasteiger partial charge < -0.3 is 10.6 Å². The van der Waals surface area contributed by atoms with Crippen molar-refractivity contribution in [3.05, 3.63) is 29.3 Å². The number of carbonyl (C=O) groups is 1. The second-order valence-corrected chi connectivity index (χ2v) is 6.03.